The summed E-state index contributed by atoms with van der Waals surface area (Å²) in [4.78, 5) is 30.1. The quantitative estimate of drug-likeness (QED) is 0.593. The first kappa shape index (κ1) is 23.8. The Hall–Kier alpha value is -2.36. The zero-order valence-electron chi connectivity index (χ0n) is 18.6. The van der Waals surface area contributed by atoms with Gasteiger partial charge in [-0.15, -0.1) is 0 Å². The first-order valence-electron chi connectivity index (χ1n) is 11.4. The topological polar surface area (TPSA) is 53.1 Å². The van der Waals surface area contributed by atoms with E-state index < -0.39 is 37.1 Å². The molecule has 3 atom stereocenters. The van der Waals surface area contributed by atoms with Crippen molar-refractivity contribution in [2.75, 3.05) is 26.2 Å². The first-order chi connectivity index (χ1) is 15.6. The number of alkyl halides is 4. The summed E-state index contributed by atoms with van der Waals surface area (Å²) in [6, 6.07) is 8.43. The van der Waals surface area contributed by atoms with E-state index in [9.17, 15) is 27.2 Å². The maximum Gasteiger partial charge on any atom is 0.410 e. The lowest BCUT2D eigenvalue weighted by molar-refractivity contribution is -0.172. The van der Waals surface area contributed by atoms with Gasteiger partial charge in [-0.2, -0.15) is 17.6 Å². The van der Waals surface area contributed by atoms with Gasteiger partial charge in [-0.3, -0.25) is 14.6 Å². The maximum atomic E-state index is 13.4. The molecule has 2 amide bonds. The lowest BCUT2D eigenvalue weighted by Gasteiger charge is -2.43. The molecule has 10 heteroatoms. The van der Waals surface area contributed by atoms with E-state index in [0.29, 0.717) is 19.4 Å². The van der Waals surface area contributed by atoms with E-state index in [4.69, 9.17) is 4.74 Å². The number of nitrogens with zero attached hydrogens (tertiary/aromatic N) is 3. The van der Waals surface area contributed by atoms with Gasteiger partial charge in [0.25, 0.3) is 0 Å². The van der Waals surface area contributed by atoms with Crippen LogP contribution in [0, 0.1) is 0 Å². The number of benzene rings is 1. The second-order valence-corrected chi connectivity index (χ2v) is 9.26. The van der Waals surface area contributed by atoms with Gasteiger partial charge in [0.05, 0.1) is 13.1 Å². The fourth-order valence-corrected chi connectivity index (χ4v) is 5.11. The van der Waals surface area contributed by atoms with Crippen molar-refractivity contribution in [1.29, 1.82) is 0 Å². The number of halogens is 4. The van der Waals surface area contributed by atoms with Crippen molar-refractivity contribution in [3.8, 4) is 0 Å². The molecule has 4 rings (SSSR count). The highest BCUT2D eigenvalue weighted by Gasteiger charge is 2.62. The summed E-state index contributed by atoms with van der Waals surface area (Å²) in [6.07, 6.45) is 1.94. The molecule has 0 bridgehead atoms. The molecule has 6 nitrogen and oxygen atoms in total. The third-order valence-corrected chi connectivity index (χ3v) is 6.94. The van der Waals surface area contributed by atoms with Crippen molar-refractivity contribution in [3.63, 3.8) is 0 Å². The zero-order chi connectivity index (χ0) is 23.8. The van der Waals surface area contributed by atoms with Crippen LogP contribution in [0.3, 0.4) is 0 Å². The summed E-state index contributed by atoms with van der Waals surface area (Å²) in [5, 5.41) is 0. The van der Waals surface area contributed by atoms with E-state index in [-0.39, 0.29) is 31.1 Å². The first-order valence-corrected chi connectivity index (χ1v) is 11.4. The molecule has 3 fully saturated rings. The molecule has 0 radical (unpaired) electrons. The van der Waals surface area contributed by atoms with Crippen molar-refractivity contribution in [1.82, 2.24) is 14.7 Å². The standard InChI is InChI=1S/C23H29F4N3O3/c1-16-20(31)30-18(8-5-11-28-14-22(24,25)23(26,27)15-28)9-10-19(30)12-29(16)21(32)33-13-17-6-3-2-4-7-17/h2-4,6-7,16,18-19H,5,8-15H2,1H3/t16-,18-,19-/m0/s1. The van der Waals surface area contributed by atoms with Crippen molar-refractivity contribution in [2.24, 2.45) is 0 Å². The molecular weight excluding hydrogens is 442 g/mol. The third-order valence-electron chi connectivity index (χ3n) is 6.94. The van der Waals surface area contributed by atoms with Crippen molar-refractivity contribution in [2.45, 2.75) is 69.2 Å². The van der Waals surface area contributed by atoms with E-state index >= 15 is 0 Å². The van der Waals surface area contributed by atoms with Gasteiger partial charge in [0, 0.05) is 18.6 Å². The normalized spacial score (nSPS) is 28.8. The minimum absolute atomic E-state index is 0.0731. The minimum Gasteiger partial charge on any atom is -0.445 e. The summed E-state index contributed by atoms with van der Waals surface area (Å²) in [5.41, 5.74) is 0.859. The molecule has 0 N–H and O–H groups in total. The molecule has 1 aromatic rings. The van der Waals surface area contributed by atoms with Gasteiger partial charge in [-0.1, -0.05) is 30.3 Å². The molecule has 0 saturated carbocycles. The smallest absolute Gasteiger partial charge is 0.410 e. The Bertz CT molecular complexity index is 854. The molecular formula is C23H29F4N3O3. The number of amides is 2. The van der Waals surface area contributed by atoms with Crippen LogP contribution in [0.4, 0.5) is 22.4 Å². The third kappa shape index (κ3) is 4.81. The van der Waals surface area contributed by atoms with E-state index in [1.807, 2.05) is 30.3 Å². The van der Waals surface area contributed by atoms with Gasteiger partial charge in [0.2, 0.25) is 5.91 Å². The number of ether oxygens (including phenoxy) is 1. The Labute approximate surface area is 190 Å². The van der Waals surface area contributed by atoms with Crippen LogP contribution in [0.1, 0.15) is 38.2 Å². The molecule has 3 aliphatic rings. The zero-order valence-corrected chi connectivity index (χ0v) is 18.6. The van der Waals surface area contributed by atoms with Crippen LogP contribution < -0.4 is 0 Å². The van der Waals surface area contributed by atoms with Crippen molar-refractivity contribution >= 4 is 12.0 Å². The van der Waals surface area contributed by atoms with Crippen molar-refractivity contribution in [3.05, 3.63) is 35.9 Å². The van der Waals surface area contributed by atoms with E-state index in [0.717, 1.165) is 23.3 Å². The predicted octanol–water partition coefficient (Wildman–Crippen LogP) is 3.75. The molecule has 0 aromatic heterocycles. The maximum absolute atomic E-state index is 13.4. The molecule has 3 heterocycles. The number of rotatable bonds is 6. The number of fused-ring (bicyclic) bond motifs is 1. The minimum atomic E-state index is -4.00. The highest BCUT2D eigenvalue weighted by atomic mass is 19.3. The van der Waals surface area contributed by atoms with E-state index in [2.05, 4.69) is 0 Å². The second-order valence-electron chi connectivity index (χ2n) is 9.26. The monoisotopic (exact) mass is 471 g/mol. The van der Waals surface area contributed by atoms with Crippen LogP contribution >= 0.6 is 0 Å². The Morgan fingerprint density at radius 3 is 2.42 bits per heavy atom. The largest absolute Gasteiger partial charge is 0.445 e. The van der Waals surface area contributed by atoms with Gasteiger partial charge < -0.3 is 9.64 Å². The molecule has 0 unspecified atom stereocenters. The lowest BCUT2D eigenvalue weighted by Crippen LogP contribution is -2.61. The highest BCUT2D eigenvalue weighted by Crippen LogP contribution is 2.41. The van der Waals surface area contributed by atoms with Crippen LogP contribution in [-0.4, -0.2) is 82.8 Å². The van der Waals surface area contributed by atoms with Gasteiger partial charge >= 0.3 is 17.9 Å². The molecule has 3 saturated heterocycles. The number of piperazine rings is 1. The number of carbonyl (C=O) groups excluding carboxylic acids is 2. The van der Waals surface area contributed by atoms with Crippen LogP contribution in [0.25, 0.3) is 0 Å². The number of carbonyl (C=O) groups is 2. The van der Waals surface area contributed by atoms with Gasteiger partial charge in [0.1, 0.15) is 12.6 Å². The molecule has 1 aromatic carbocycles. The Morgan fingerprint density at radius 1 is 1.09 bits per heavy atom. The number of likely N-dealkylation sites (tertiary alicyclic amines) is 1. The second kappa shape index (κ2) is 9.12. The summed E-state index contributed by atoms with van der Waals surface area (Å²) >= 11 is 0. The van der Waals surface area contributed by atoms with Crippen molar-refractivity contribution < 1.29 is 31.9 Å². The Morgan fingerprint density at radius 2 is 1.76 bits per heavy atom. The number of hydrogen-bond acceptors (Lipinski definition) is 4. The Kier molecular flexibility index (Phi) is 6.57. The average molecular weight is 471 g/mol. The van der Waals surface area contributed by atoms with Crippen LogP contribution in [0.15, 0.2) is 30.3 Å². The summed E-state index contributed by atoms with van der Waals surface area (Å²) in [5.74, 6) is -8.16. The van der Waals surface area contributed by atoms with E-state index in [1.54, 1.807) is 11.8 Å². The van der Waals surface area contributed by atoms with Gasteiger partial charge in [-0.05, 0) is 44.7 Å². The fraction of sp³-hybridized carbons (Fsp3) is 0.652. The molecule has 0 aliphatic carbocycles. The SMILES string of the molecule is C[C@H]1C(=O)N2[C@@H](CCCN3CC(F)(F)C(F)(F)C3)CC[C@H]2CN1C(=O)OCc1ccccc1. The van der Waals surface area contributed by atoms with Gasteiger partial charge in [0.15, 0.2) is 0 Å². The fourth-order valence-electron chi connectivity index (χ4n) is 5.11. The summed E-state index contributed by atoms with van der Waals surface area (Å²) in [7, 11) is 0. The molecule has 33 heavy (non-hydrogen) atoms. The summed E-state index contributed by atoms with van der Waals surface area (Å²) < 4.78 is 58.9. The van der Waals surface area contributed by atoms with Gasteiger partial charge in [-0.25, -0.2) is 4.79 Å². The summed E-state index contributed by atoms with van der Waals surface area (Å²) in [6.45, 7) is 0.443. The van der Waals surface area contributed by atoms with Crippen LogP contribution in [-0.2, 0) is 16.1 Å². The van der Waals surface area contributed by atoms with E-state index in [1.165, 1.54) is 4.90 Å². The molecule has 182 valence electrons. The number of hydrogen-bond donors (Lipinski definition) is 0. The van der Waals surface area contributed by atoms with Crippen LogP contribution in [0.2, 0.25) is 0 Å². The molecule has 0 spiro atoms. The Balaban J connectivity index is 1.28. The average Bonchev–Trinajstić information content (AvgIpc) is 3.26. The lowest BCUT2D eigenvalue weighted by atomic mass is 10.1. The molecule has 3 aliphatic heterocycles. The van der Waals surface area contributed by atoms with Crippen LogP contribution in [0.5, 0.6) is 0 Å². The predicted molar refractivity (Wildman–Crippen MR) is 112 cm³/mol. The highest BCUT2D eigenvalue weighted by molar-refractivity contribution is 5.87.